The molecule has 31 heavy (non-hydrogen) atoms. The van der Waals surface area contributed by atoms with Crippen molar-refractivity contribution in [2.45, 2.75) is 38.9 Å². The number of hydrogen-bond acceptors (Lipinski definition) is 5. The zero-order valence-electron chi connectivity index (χ0n) is 17.8. The number of pyridine rings is 1. The van der Waals surface area contributed by atoms with Crippen LogP contribution in [0.4, 0.5) is 13.2 Å². The second-order valence-corrected chi connectivity index (χ2v) is 8.59. The van der Waals surface area contributed by atoms with Crippen LogP contribution in [0.1, 0.15) is 42.5 Å². The van der Waals surface area contributed by atoms with Gasteiger partial charge in [-0.1, -0.05) is 20.8 Å². The molecule has 0 unspecified atom stereocenters. The summed E-state index contributed by atoms with van der Waals surface area (Å²) in [6, 6.07) is 5.26. The highest BCUT2D eigenvalue weighted by Crippen LogP contribution is 2.27. The summed E-state index contributed by atoms with van der Waals surface area (Å²) in [5.74, 6) is -0.336. The molecule has 1 aliphatic heterocycles. The zero-order valence-corrected chi connectivity index (χ0v) is 17.8. The van der Waals surface area contributed by atoms with Crippen molar-refractivity contribution >= 4 is 5.91 Å². The SMILES string of the molecule is CC(C)(C)c1ccc(=O)n(CCN2CCN(C(=O)c3ccc(C(F)(F)F)nc3)CC2)n1. The first-order valence-corrected chi connectivity index (χ1v) is 10.1. The van der Waals surface area contributed by atoms with E-state index in [1.807, 2.05) is 20.8 Å². The Morgan fingerprint density at radius 2 is 1.61 bits per heavy atom. The van der Waals surface area contributed by atoms with E-state index in [0.717, 1.165) is 24.0 Å². The molecule has 3 rings (SSSR count). The van der Waals surface area contributed by atoms with E-state index in [1.165, 1.54) is 10.7 Å². The van der Waals surface area contributed by atoms with E-state index >= 15 is 0 Å². The molecule has 2 aromatic heterocycles. The molecule has 0 aromatic carbocycles. The van der Waals surface area contributed by atoms with Crippen molar-refractivity contribution in [3.63, 3.8) is 0 Å². The van der Waals surface area contributed by atoms with Gasteiger partial charge < -0.3 is 4.90 Å². The monoisotopic (exact) mass is 437 g/mol. The number of halogens is 3. The number of rotatable bonds is 4. The van der Waals surface area contributed by atoms with Crippen molar-refractivity contribution in [2.24, 2.45) is 0 Å². The normalized spacial score (nSPS) is 15.9. The molecule has 1 saturated heterocycles. The maximum atomic E-state index is 12.6. The van der Waals surface area contributed by atoms with Gasteiger partial charge in [-0.25, -0.2) is 4.68 Å². The second kappa shape index (κ2) is 8.78. The summed E-state index contributed by atoms with van der Waals surface area (Å²) in [5, 5.41) is 4.46. The molecule has 1 fully saturated rings. The van der Waals surface area contributed by atoms with E-state index in [4.69, 9.17) is 0 Å². The molecule has 7 nitrogen and oxygen atoms in total. The van der Waals surface area contributed by atoms with Gasteiger partial charge in [0.1, 0.15) is 5.69 Å². The van der Waals surface area contributed by atoms with Crippen molar-refractivity contribution in [3.05, 3.63) is 57.8 Å². The Kier molecular flexibility index (Phi) is 6.49. The highest BCUT2D eigenvalue weighted by Gasteiger charge is 2.32. The molecule has 0 atom stereocenters. The van der Waals surface area contributed by atoms with Gasteiger partial charge >= 0.3 is 6.18 Å². The van der Waals surface area contributed by atoms with Crippen molar-refractivity contribution < 1.29 is 18.0 Å². The van der Waals surface area contributed by atoms with Crippen molar-refractivity contribution in [1.82, 2.24) is 24.6 Å². The predicted octanol–water partition coefficient (Wildman–Crippen LogP) is 2.41. The van der Waals surface area contributed by atoms with Crippen LogP contribution in [0, 0.1) is 0 Å². The number of carbonyl (C=O) groups is 1. The number of nitrogens with zero attached hydrogens (tertiary/aromatic N) is 5. The molecule has 0 saturated carbocycles. The predicted molar refractivity (Wildman–Crippen MR) is 109 cm³/mol. The third kappa shape index (κ3) is 5.69. The molecule has 10 heteroatoms. The van der Waals surface area contributed by atoms with Crippen LogP contribution in [0.15, 0.2) is 35.3 Å². The first kappa shape index (κ1) is 22.9. The summed E-state index contributed by atoms with van der Waals surface area (Å²) in [5.41, 5.74) is -0.358. The fraction of sp³-hybridized carbons (Fsp3) is 0.524. The second-order valence-electron chi connectivity index (χ2n) is 8.59. The minimum absolute atomic E-state index is 0.135. The van der Waals surface area contributed by atoms with Gasteiger partial charge in [-0.05, 0) is 18.2 Å². The lowest BCUT2D eigenvalue weighted by atomic mass is 9.92. The van der Waals surface area contributed by atoms with E-state index in [1.54, 1.807) is 11.0 Å². The van der Waals surface area contributed by atoms with Gasteiger partial charge in [0.05, 0.1) is 17.8 Å². The van der Waals surface area contributed by atoms with Gasteiger partial charge in [0.25, 0.3) is 11.5 Å². The van der Waals surface area contributed by atoms with E-state index in [9.17, 15) is 22.8 Å². The third-order valence-electron chi connectivity index (χ3n) is 5.22. The van der Waals surface area contributed by atoms with Crippen LogP contribution in [0.2, 0.25) is 0 Å². The number of amides is 1. The topological polar surface area (TPSA) is 71.3 Å². The lowest BCUT2D eigenvalue weighted by Crippen LogP contribution is -2.49. The Morgan fingerprint density at radius 3 is 2.16 bits per heavy atom. The van der Waals surface area contributed by atoms with Gasteiger partial charge in [-0.15, -0.1) is 0 Å². The first-order chi connectivity index (χ1) is 14.4. The molecule has 168 valence electrons. The molecule has 1 amide bonds. The summed E-state index contributed by atoms with van der Waals surface area (Å²) in [6.45, 7) is 9.27. The maximum absolute atomic E-state index is 12.6. The van der Waals surface area contributed by atoms with Gasteiger partial charge in [0.2, 0.25) is 0 Å². The summed E-state index contributed by atoms with van der Waals surface area (Å²) in [6.07, 6.45) is -3.56. The molecule has 0 aliphatic carbocycles. The zero-order chi connectivity index (χ0) is 22.8. The molecular weight excluding hydrogens is 411 g/mol. The van der Waals surface area contributed by atoms with Crippen LogP contribution < -0.4 is 5.56 Å². The third-order valence-corrected chi connectivity index (χ3v) is 5.22. The molecule has 0 spiro atoms. The van der Waals surface area contributed by atoms with E-state index in [0.29, 0.717) is 39.3 Å². The van der Waals surface area contributed by atoms with E-state index in [2.05, 4.69) is 15.0 Å². The molecule has 0 bridgehead atoms. The highest BCUT2D eigenvalue weighted by atomic mass is 19.4. The Hall–Kier alpha value is -2.75. The Balaban J connectivity index is 1.54. The Morgan fingerprint density at radius 1 is 0.968 bits per heavy atom. The van der Waals surface area contributed by atoms with Gasteiger partial charge in [0, 0.05) is 50.4 Å². The molecule has 3 heterocycles. The van der Waals surface area contributed by atoms with E-state index < -0.39 is 11.9 Å². The lowest BCUT2D eigenvalue weighted by Gasteiger charge is -2.34. The Labute approximate surface area is 178 Å². The maximum Gasteiger partial charge on any atom is 0.433 e. The number of piperazine rings is 1. The van der Waals surface area contributed by atoms with Crippen LogP contribution in [-0.4, -0.2) is 63.2 Å². The number of alkyl halides is 3. The number of hydrogen-bond donors (Lipinski definition) is 0. The van der Waals surface area contributed by atoms with Gasteiger partial charge in [-0.2, -0.15) is 18.3 Å². The van der Waals surface area contributed by atoms with Crippen LogP contribution in [0.25, 0.3) is 0 Å². The fourth-order valence-electron chi connectivity index (χ4n) is 3.29. The quantitative estimate of drug-likeness (QED) is 0.735. The molecule has 0 N–H and O–H groups in total. The van der Waals surface area contributed by atoms with Gasteiger partial charge in [0.15, 0.2) is 0 Å². The lowest BCUT2D eigenvalue weighted by molar-refractivity contribution is -0.141. The van der Waals surface area contributed by atoms with Crippen LogP contribution >= 0.6 is 0 Å². The summed E-state index contributed by atoms with van der Waals surface area (Å²) >= 11 is 0. The average molecular weight is 437 g/mol. The fourth-order valence-corrected chi connectivity index (χ4v) is 3.29. The van der Waals surface area contributed by atoms with Crippen LogP contribution in [0.5, 0.6) is 0 Å². The van der Waals surface area contributed by atoms with Crippen molar-refractivity contribution in [1.29, 1.82) is 0 Å². The minimum atomic E-state index is -4.53. The van der Waals surface area contributed by atoms with E-state index in [-0.39, 0.29) is 22.4 Å². The summed E-state index contributed by atoms with van der Waals surface area (Å²) in [7, 11) is 0. The van der Waals surface area contributed by atoms with Crippen LogP contribution in [0.3, 0.4) is 0 Å². The highest BCUT2D eigenvalue weighted by molar-refractivity contribution is 5.94. The molecular formula is C21H26F3N5O2. The average Bonchev–Trinajstić information content (AvgIpc) is 2.71. The molecule has 1 aliphatic rings. The smallest absolute Gasteiger partial charge is 0.336 e. The van der Waals surface area contributed by atoms with Crippen molar-refractivity contribution in [3.8, 4) is 0 Å². The van der Waals surface area contributed by atoms with Crippen LogP contribution in [-0.2, 0) is 18.1 Å². The molecule has 0 radical (unpaired) electrons. The standard InChI is InChI=1S/C21H26F3N5O2/c1-20(2,3)16-6-7-18(30)29(26-16)13-10-27-8-11-28(12-9-27)19(31)15-4-5-17(25-14-15)21(22,23)24/h4-7,14H,8-13H2,1-3H3. The number of aromatic nitrogens is 3. The number of carbonyl (C=O) groups excluding carboxylic acids is 1. The summed E-state index contributed by atoms with van der Waals surface area (Å²) in [4.78, 5) is 31.7. The molecule has 2 aromatic rings. The van der Waals surface area contributed by atoms with Gasteiger partial charge in [-0.3, -0.25) is 19.5 Å². The largest absolute Gasteiger partial charge is 0.433 e. The first-order valence-electron chi connectivity index (χ1n) is 10.1. The minimum Gasteiger partial charge on any atom is -0.336 e. The Bertz CT molecular complexity index is 972. The van der Waals surface area contributed by atoms with Crippen molar-refractivity contribution in [2.75, 3.05) is 32.7 Å². The summed E-state index contributed by atoms with van der Waals surface area (Å²) < 4.78 is 39.4.